The van der Waals surface area contributed by atoms with E-state index in [1.165, 1.54) is 18.2 Å². The predicted molar refractivity (Wildman–Crippen MR) is 106 cm³/mol. The second kappa shape index (κ2) is 8.99. The van der Waals surface area contributed by atoms with Gasteiger partial charge in [-0.1, -0.05) is 38.1 Å². The summed E-state index contributed by atoms with van der Waals surface area (Å²) < 4.78 is 39.4. The second-order valence-electron chi connectivity index (χ2n) is 6.40. The molecule has 0 unspecified atom stereocenters. The highest BCUT2D eigenvalue weighted by Crippen LogP contribution is 2.23. The van der Waals surface area contributed by atoms with E-state index in [2.05, 4.69) is 5.32 Å². The summed E-state index contributed by atoms with van der Waals surface area (Å²) in [4.78, 5) is 12.3. The standard InChI is InChI=1S/C20H25FN2O3S/c1-4-17(5-2)22-20(24)16-12-10-15(11-13-16)14-23(27(3,25)26)19-9-7-6-8-18(19)21/h6-13,17H,4-5,14H2,1-3H3,(H,22,24). The smallest absolute Gasteiger partial charge is 0.251 e. The van der Waals surface area contributed by atoms with Crippen LogP contribution in [0.5, 0.6) is 0 Å². The SMILES string of the molecule is CCC(CC)NC(=O)c1ccc(CN(c2ccccc2F)S(C)(=O)=O)cc1. The lowest BCUT2D eigenvalue weighted by Gasteiger charge is -2.23. The van der Waals surface area contributed by atoms with E-state index in [0.29, 0.717) is 11.1 Å². The summed E-state index contributed by atoms with van der Waals surface area (Å²) in [7, 11) is -3.67. The number of amides is 1. The van der Waals surface area contributed by atoms with E-state index in [4.69, 9.17) is 0 Å². The third-order valence-corrected chi connectivity index (χ3v) is 5.51. The molecule has 0 aliphatic carbocycles. The van der Waals surface area contributed by atoms with Crippen LogP contribution in [0.25, 0.3) is 0 Å². The van der Waals surface area contributed by atoms with E-state index in [1.54, 1.807) is 30.3 Å². The first kappa shape index (κ1) is 20.9. The fourth-order valence-electron chi connectivity index (χ4n) is 2.72. The quantitative estimate of drug-likeness (QED) is 0.745. The molecule has 27 heavy (non-hydrogen) atoms. The van der Waals surface area contributed by atoms with Crippen molar-refractivity contribution in [1.29, 1.82) is 0 Å². The summed E-state index contributed by atoms with van der Waals surface area (Å²) in [5.74, 6) is -0.770. The van der Waals surface area contributed by atoms with E-state index >= 15 is 0 Å². The number of halogens is 1. The largest absolute Gasteiger partial charge is 0.349 e. The number of hydrogen-bond acceptors (Lipinski definition) is 3. The number of hydrogen-bond donors (Lipinski definition) is 1. The fourth-order valence-corrected chi connectivity index (χ4v) is 3.61. The van der Waals surface area contributed by atoms with Gasteiger partial charge in [-0.3, -0.25) is 9.10 Å². The molecule has 1 amide bonds. The molecular weight excluding hydrogens is 367 g/mol. The Morgan fingerprint density at radius 2 is 1.67 bits per heavy atom. The lowest BCUT2D eigenvalue weighted by molar-refractivity contribution is 0.0935. The van der Waals surface area contributed by atoms with Gasteiger partial charge in [-0.25, -0.2) is 12.8 Å². The van der Waals surface area contributed by atoms with Gasteiger partial charge in [0.15, 0.2) is 0 Å². The Morgan fingerprint density at radius 3 is 2.19 bits per heavy atom. The van der Waals surface area contributed by atoms with Crippen LogP contribution in [0.4, 0.5) is 10.1 Å². The maximum absolute atomic E-state index is 14.1. The predicted octanol–water partition coefficient (Wildman–Crippen LogP) is 3.71. The van der Waals surface area contributed by atoms with Crippen molar-refractivity contribution in [2.75, 3.05) is 10.6 Å². The highest BCUT2D eigenvalue weighted by Gasteiger charge is 2.21. The normalized spacial score (nSPS) is 11.4. The average Bonchev–Trinajstić information content (AvgIpc) is 2.64. The van der Waals surface area contributed by atoms with Crippen LogP contribution in [0.1, 0.15) is 42.6 Å². The summed E-state index contributed by atoms with van der Waals surface area (Å²) in [5.41, 5.74) is 1.15. The van der Waals surface area contributed by atoms with Crippen LogP contribution in [-0.2, 0) is 16.6 Å². The molecule has 0 bridgehead atoms. The van der Waals surface area contributed by atoms with E-state index in [1.807, 2.05) is 13.8 Å². The van der Waals surface area contributed by atoms with E-state index in [0.717, 1.165) is 23.4 Å². The van der Waals surface area contributed by atoms with Gasteiger partial charge in [0, 0.05) is 11.6 Å². The van der Waals surface area contributed by atoms with Crippen molar-refractivity contribution in [2.24, 2.45) is 0 Å². The topological polar surface area (TPSA) is 66.5 Å². The molecule has 7 heteroatoms. The van der Waals surface area contributed by atoms with Gasteiger partial charge < -0.3 is 5.32 Å². The van der Waals surface area contributed by atoms with Gasteiger partial charge in [-0.15, -0.1) is 0 Å². The van der Waals surface area contributed by atoms with Crippen LogP contribution in [0, 0.1) is 5.82 Å². The van der Waals surface area contributed by atoms with Crippen LogP contribution in [0.15, 0.2) is 48.5 Å². The molecule has 0 saturated carbocycles. The van der Waals surface area contributed by atoms with Gasteiger partial charge in [-0.2, -0.15) is 0 Å². The van der Waals surface area contributed by atoms with Crippen molar-refractivity contribution >= 4 is 21.6 Å². The van der Waals surface area contributed by atoms with Crippen LogP contribution < -0.4 is 9.62 Å². The average molecular weight is 392 g/mol. The van der Waals surface area contributed by atoms with E-state index < -0.39 is 15.8 Å². The number of para-hydroxylation sites is 1. The molecular formula is C20H25FN2O3S. The van der Waals surface area contributed by atoms with E-state index in [9.17, 15) is 17.6 Å². The van der Waals surface area contributed by atoms with Gasteiger partial charge in [0.1, 0.15) is 5.82 Å². The van der Waals surface area contributed by atoms with Crippen molar-refractivity contribution in [1.82, 2.24) is 5.32 Å². The number of sulfonamides is 1. The van der Waals surface area contributed by atoms with Crippen LogP contribution >= 0.6 is 0 Å². The molecule has 5 nitrogen and oxygen atoms in total. The van der Waals surface area contributed by atoms with Gasteiger partial charge in [0.05, 0.1) is 18.5 Å². The Morgan fingerprint density at radius 1 is 1.07 bits per heavy atom. The Labute approximate surface area is 160 Å². The Kier molecular flexibility index (Phi) is 6.96. The molecule has 0 aliphatic heterocycles. The van der Waals surface area contributed by atoms with E-state index in [-0.39, 0.29) is 24.2 Å². The number of nitrogens with zero attached hydrogens (tertiary/aromatic N) is 1. The third-order valence-electron chi connectivity index (χ3n) is 4.38. The summed E-state index contributed by atoms with van der Waals surface area (Å²) in [6.07, 6.45) is 2.75. The van der Waals surface area contributed by atoms with Gasteiger partial charge in [0.25, 0.3) is 5.91 Å². The van der Waals surface area contributed by atoms with Crippen molar-refractivity contribution in [3.8, 4) is 0 Å². The zero-order chi connectivity index (χ0) is 20.0. The molecule has 1 N–H and O–H groups in total. The van der Waals surface area contributed by atoms with Gasteiger partial charge in [-0.05, 0) is 42.7 Å². The maximum atomic E-state index is 14.1. The molecule has 0 spiro atoms. The molecule has 0 atom stereocenters. The highest BCUT2D eigenvalue weighted by atomic mass is 32.2. The lowest BCUT2D eigenvalue weighted by Crippen LogP contribution is -2.33. The summed E-state index contributed by atoms with van der Waals surface area (Å²) in [5, 5.41) is 2.96. The number of rotatable bonds is 8. The van der Waals surface area contributed by atoms with Crippen molar-refractivity contribution in [3.05, 3.63) is 65.5 Å². The van der Waals surface area contributed by atoms with Crippen molar-refractivity contribution in [3.63, 3.8) is 0 Å². The number of anilines is 1. The Balaban J connectivity index is 2.20. The molecule has 0 aromatic heterocycles. The fraction of sp³-hybridized carbons (Fsp3) is 0.350. The highest BCUT2D eigenvalue weighted by molar-refractivity contribution is 7.92. The molecule has 0 radical (unpaired) electrons. The molecule has 0 aliphatic rings. The molecule has 146 valence electrons. The molecule has 2 aromatic rings. The molecule has 0 saturated heterocycles. The second-order valence-corrected chi connectivity index (χ2v) is 8.31. The monoisotopic (exact) mass is 392 g/mol. The molecule has 0 heterocycles. The van der Waals surface area contributed by atoms with Gasteiger partial charge >= 0.3 is 0 Å². The summed E-state index contributed by atoms with van der Waals surface area (Å²) in [6, 6.07) is 12.5. The van der Waals surface area contributed by atoms with Crippen molar-refractivity contribution in [2.45, 2.75) is 39.3 Å². The zero-order valence-electron chi connectivity index (χ0n) is 15.8. The number of carbonyl (C=O) groups is 1. The Hall–Kier alpha value is -2.41. The first-order valence-electron chi connectivity index (χ1n) is 8.88. The number of nitrogens with one attached hydrogen (secondary N) is 1. The molecule has 0 fully saturated rings. The number of carbonyl (C=O) groups excluding carboxylic acids is 1. The summed E-state index contributed by atoms with van der Waals surface area (Å²) in [6.45, 7) is 4.01. The van der Waals surface area contributed by atoms with Crippen LogP contribution in [0.3, 0.4) is 0 Å². The minimum absolute atomic E-state index is 0.00412. The van der Waals surface area contributed by atoms with Crippen LogP contribution in [-0.4, -0.2) is 26.6 Å². The summed E-state index contributed by atoms with van der Waals surface area (Å²) >= 11 is 0. The number of benzene rings is 2. The lowest BCUT2D eigenvalue weighted by atomic mass is 10.1. The minimum Gasteiger partial charge on any atom is -0.349 e. The molecule has 2 aromatic carbocycles. The third kappa shape index (κ3) is 5.53. The first-order valence-corrected chi connectivity index (χ1v) is 10.7. The first-order chi connectivity index (χ1) is 12.8. The maximum Gasteiger partial charge on any atom is 0.251 e. The zero-order valence-corrected chi connectivity index (χ0v) is 16.6. The minimum atomic E-state index is -3.67. The van der Waals surface area contributed by atoms with Crippen LogP contribution in [0.2, 0.25) is 0 Å². The van der Waals surface area contributed by atoms with Gasteiger partial charge in [0.2, 0.25) is 10.0 Å². The molecule has 2 rings (SSSR count). The van der Waals surface area contributed by atoms with Crippen molar-refractivity contribution < 1.29 is 17.6 Å². The Bertz CT molecular complexity index is 878.